The number of pyridine rings is 1. The van der Waals surface area contributed by atoms with Gasteiger partial charge in [-0.05, 0) is 42.2 Å². The molecule has 8 heteroatoms. The van der Waals surface area contributed by atoms with Gasteiger partial charge in [-0.25, -0.2) is 0 Å². The van der Waals surface area contributed by atoms with Crippen LogP contribution >= 0.6 is 11.6 Å². The van der Waals surface area contributed by atoms with E-state index in [1.54, 1.807) is 12.4 Å². The Kier molecular flexibility index (Phi) is 7.17. The number of halogens is 1. The molecule has 7 nitrogen and oxygen atoms in total. The van der Waals surface area contributed by atoms with E-state index in [0.717, 1.165) is 42.1 Å². The van der Waals surface area contributed by atoms with Crippen molar-refractivity contribution < 1.29 is 9.59 Å². The van der Waals surface area contributed by atoms with Crippen LogP contribution in [0.25, 0.3) is 0 Å². The number of aromatic nitrogens is 1. The lowest BCUT2D eigenvalue weighted by Crippen LogP contribution is -2.58. The summed E-state index contributed by atoms with van der Waals surface area (Å²) in [6.45, 7) is 2.59. The predicted octanol–water partition coefficient (Wildman–Crippen LogP) is 1.86. The van der Waals surface area contributed by atoms with E-state index in [0.29, 0.717) is 19.5 Å². The molecule has 0 spiro atoms. The second kappa shape index (κ2) is 10.2. The standard InChI is InChI=1S/C23H28ClN5O2/c24-18-5-1-3-16(9-18)12-26-19-10-21-23(31)28-14-20(29(21)15-19)6-7-22(30)27-13-17-4-2-8-25-11-17/h1-5,8-9,11,19-21,26H,6-7,10,12-15H2,(H,27,30)(H,28,31)/t19-,20-,21-/m1/s1. The van der Waals surface area contributed by atoms with Crippen molar-refractivity contribution in [2.45, 2.75) is 50.5 Å². The van der Waals surface area contributed by atoms with Crippen LogP contribution in [0, 0.1) is 0 Å². The molecule has 0 radical (unpaired) electrons. The van der Waals surface area contributed by atoms with Gasteiger partial charge < -0.3 is 16.0 Å². The fraction of sp³-hybridized carbons (Fsp3) is 0.435. The number of carbonyl (C=O) groups excluding carboxylic acids is 2. The lowest BCUT2D eigenvalue weighted by Gasteiger charge is -2.37. The number of hydrogen-bond donors (Lipinski definition) is 3. The lowest BCUT2D eigenvalue weighted by atomic mass is 10.0. The van der Waals surface area contributed by atoms with Crippen LogP contribution < -0.4 is 16.0 Å². The van der Waals surface area contributed by atoms with E-state index in [-0.39, 0.29) is 29.9 Å². The monoisotopic (exact) mass is 441 g/mol. The average molecular weight is 442 g/mol. The van der Waals surface area contributed by atoms with Crippen molar-refractivity contribution in [3.63, 3.8) is 0 Å². The van der Waals surface area contributed by atoms with Crippen molar-refractivity contribution in [3.8, 4) is 0 Å². The maximum Gasteiger partial charge on any atom is 0.237 e. The predicted molar refractivity (Wildman–Crippen MR) is 119 cm³/mol. The zero-order chi connectivity index (χ0) is 21.6. The Bertz CT molecular complexity index is 910. The van der Waals surface area contributed by atoms with E-state index in [2.05, 4.69) is 25.8 Å². The van der Waals surface area contributed by atoms with Crippen LogP contribution in [0.5, 0.6) is 0 Å². The van der Waals surface area contributed by atoms with E-state index in [4.69, 9.17) is 11.6 Å². The maximum atomic E-state index is 12.4. The summed E-state index contributed by atoms with van der Waals surface area (Å²) in [6.07, 6.45) is 5.39. The second-order valence-electron chi connectivity index (χ2n) is 8.23. The first kappa shape index (κ1) is 21.7. The van der Waals surface area contributed by atoms with Crippen LogP contribution in [0.2, 0.25) is 5.02 Å². The summed E-state index contributed by atoms with van der Waals surface area (Å²) in [5.41, 5.74) is 2.11. The second-order valence-corrected chi connectivity index (χ2v) is 8.67. The van der Waals surface area contributed by atoms with Crippen molar-refractivity contribution in [1.82, 2.24) is 25.8 Å². The highest BCUT2D eigenvalue weighted by Crippen LogP contribution is 2.26. The Labute approximate surface area is 187 Å². The first-order valence-corrected chi connectivity index (χ1v) is 11.1. The zero-order valence-electron chi connectivity index (χ0n) is 17.4. The number of rotatable bonds is 8. The fourth-order valence-corrected chi connectivity index (χ4v) is 4.60. The smallest absolute Gasteiger partial charge is 0.237 e. The summed E-state index contributed by atoms with van der Waals surface area (Å²) in [5.74, 6) is 0.108. The molecule has 3 N–H and O–H groups in total. The molecule has 3 heterocycles. The average Bonchev–Trinajstić information content (AvgIpc) is 3.22. The molecule has 2 fully saturated rings. The Morgan fingerprint density at radius 2 is 2.10 bits per heavy atom. The number of benzene rings is 1. The highest BCUT2D eigenvalue weighted by atomic mass is 35.5. The molecular weight excluding hydrogens is 414 g/mol. The van der Waals surface area contributed by atoms with Gasteiger partial charge in [0.2, 0.25) is 11.8 Å². The van der Waals surface area contributed by atoms with Crippen LogP contribution in [-0.4, -0.2) is 52.9 Å². The SMILES string of the molecule is O=C(CC[C@@H]1CNC(=O)[C@H]2C[C@@H](NCc3cccc(Cl)c3)CN12)NCc1cccnc1. The third-order valence-electron chi connectivity index (χ3n) is 6.02. The Morgan fingerprint density at radius 1 is 1.23 bits per heavy atom. The van der Waals surface area contributed by atoms with Gasteiger partial charge in [0, 0.05) is 62.1 Å². The number of hydrogen-bond acceptors (Lipinski definition) is 5. The number of fused-ring (bicyclic) bond motifs is 1. The summed E-state index contributed by atoms with van der Waals surface area (Å²) in [4.78, 5) is 31.0. The Hall–Kier alpha value is -2.48. The van der Waals surface area contributed by atoms with Gasteiger partial charge in [0.05, 0.1) is 6.04 Å². The van der Waals surface area contributed by atoms with E-state index in [1.807, 2.05) is 36.4 Å². The van der Waals surface area contributed by atoms with Crippen molar-refractivity contribution >= 4 is 23.4 Å². The highest BCUT2D eigenvalue weighted by Gasteiger charge is 2.43. The van der Waals surface area contributed by atoms with Gasteiger partial charge >= 0.3 is 0 Å². The molecule has 31 heavy (non-hydrogen) atoms. The molecule has 3 atom stereocenters. The molecule has 1 aromatic heterocycles. The van der Waals surface area contributed by atoms with Crippen LogP contribution in [0.4, 0.5) is 0 Å². The molecule has 2 aliphatic heterocycles. The molecule has 2 saturated heterocycles. The third kappa shape index (κ3) is 5.81. The van der Waals surface area contributed by atoms with Gasteiger partial charge in [-0.3, -0.25) is 19.5 Å². The van der Waals surface area contributed by atoms with E-state index >= 15 is 0 Å². The zero-order valence-corrected chi connectivity index (χ0v) is 18.1. The van der Waals surface area contributed by atoms with Crippen LogP contribution in [-0.2, 0) is 22.7 Å². The van der Waals surface area contributed by atoms with E-state index in [9.17, 15) is 9.59 Å². The maximum absolute atomic E-state index is 12.4. The number of nitrogens with zero attached hydrogens (tertiary/aromatic N) is 2. The topological polar surface area (TPSA) is 86.4 Å². The molecular formula is C23H28ClN5O2. The van der Waals surface area contributed by atoms with Crippen molar-refractivity contribution in [2.24, 2.45) is 0 Å². The molecule has 2 aliphatic rings. The Morgan fingerprint density at radius 3 is 2.90 bits per heavy atom. The van der Waals surface area contributed by atoms with E-state index in [1.165, 1.54) is 0 Å². The van der Waals surface area contributed by atoms with Gasteiger partial charge in [0.25, 0.3) is 0 Å². The lowest BCUT2D eigenvalue weighted by molar-refractivity contribution is -0.129. The summed E-state index contributed by atoms with van der Waals surface area (Å²) in [5, 5.41) is 10.3. The van der Waals surface area contributed by atoms with Crippen molar-refractivity contribution in [1.29, 1.82) is 0 Å². The summed E-state index contributed by atoms with van der Waals surface area (Å²) in [7, 11) is 0. The van der Waals surface area contributed by atoms with Crippen LogP contribution in [0.1, 0.15) is 30.4 Å². The number of carbonyl (C=O) groups is 2. The molecule has 2 amide bonds. The normalized spacial score (nSPS) is 23.3. The van der Waals surface area contributed by atoms with Crippen molar-refractivity contribution in [2.75, 3.05) is 13.1 Å². The quantitative estimate of drug-likeness (QED) is 0.582. The summed E-state index contributed by atoms with van der Waals surface area (Å²) < 4.78 is 0. The minimum absolute atomic E-state index is 0.0205. The van der Waals surface area contributed by atoms with Gasteiger partial charge in [0.1, 0.15) is 0 Å². The van der Waals surface area contributed by atoms with Crippen molar-refractivity contribution in [3.05, 3.63) is 64.9 Å². The Balaban J connectivity index is 1.26. The minimum Gasteiger partial charge on any atom is -0.353 e. The highest BCUT2D eigenvalue weighted by molar-refractivity contribution is 6.30. The van der Waals surface area contributed by atoms with Gasteiger partial charge in [-0.1, -0.05) is 29.8 Å². The number of piperazine rings is 1. The molecule has 0 bridgehead atoms. The van der Waals surface area contributed by atoms with Crippen LogP contribution in [0.3, 0.4) is 0 Å². The van der Waals surface area contributed by atoms with Gasteiger partial charge in [0.15, 0.2) is 0 Å². The first-order valence-electron chi connectivity index (χ1n) is 10.8. The van der Waals surface area contributed by atoms with Gasteiger partial charge in [-0.2, -0.15) is 0 Å². The molecule has 4 rings (SSSR count). The van der Waals surface area contributed by atoms with E-state index < -0.39 is 0 Å². The molecule has 164 valence electrons. The summed E-state index contributed by atoms with van der Waals surface area (Å²) in [6, 6.07) is 11.9. The van der Waals surface area contributed by atoms with Crippen LogP contribution in [0.15, 0.2) is 48.8 Å². The number of nitrogens with one attached hydrogen (secondary N) is 3. The molecule has 2 aromatic rings. The molecule has 1 aromatic carbocycles. The fourth-order valence-electron chi connectivity index (χ4n) is 4.39. The molecule has 0 aliphatic carbocycles. The molecule has 0 saturated carbocycles. The molecule has 0 unspecified atom stereocenters. The number of amides is 2. The largest absolute Gasteiger partial charge is 0.353 e. The first-order chi connectivity index (χ1) is 15.1. The minimum atomic E-state index is -0.130. The third-order valence-corrected chi connectivity index (χ3v) is 6.26. The van der Waals surface area contributed by atoms with Gasteiger partial charge in [-0.15, -0.1) is 0 Å². The summed E-state index contributed by atoms with van der Waals surface area (Å²) >= 11 is 6.07.